The van der Waals surface area contributed by atoms with Gasteiger partial charge in [0.25, 0.3) is 0 Å². The quantitative estimate of drug-likeness (QED) is 0.697. The van der Waals surface area contributed by atoms with Crippen LogP contribution in [-0.2, 0) is 9.47 Å². The molecule has 0 N–H and O–H groups in total. The van der Waals surface area contributed by atoms with E-state index in [0.717, 1.165) is 31.7 Å². The molecule has 1 aliphatic heterocycles. The van der Waals surface area contributed by atoms with Gasteiger partial charge in [0.05, 0.1) is 31.1 Å². The highest BCUT2D eigenvalue weighted by Gasteiger charge is 2.20. The maximum Gasteiger partial charge on any atom is 0.0809 e. The minimum atomic E-state index is 0.138. The minimum absolute atomic E-state index is 0.138. The molecule has 4 heteroatoms. The molecule has 2 atom stereocenters. The number of likely N-dealkylation sites (N-methyl/N-ethyl adjacent to an activating group) is 1. The molecule has 0 aliphatic carbocycles. The van der Waals surface area contributed by atoms with Crippen molar-refractivity contribution in [2.24, 2.45) is 0 Å². The first-order chi connectivity index (χ1) is 11.8. The zero-order chi connectivity index (χ0) is 16.6. The zero-order valence-electron chi connectivity index (χ0n) is 14.3. The number of ether oxygens (including phenoxy) is 2. The summed E-state index contributed by atoms with van der Waals surface area (Å²) in [7, 11) is 2.13. The largest absolute Gasteiger partial charge is 0.377 e. The van der Waals surface area contributed by atoms with Crippen molar-refractivity contribution in [1.29, 1.82) is 0 Å². The topological polar surface area (TPSA) is 34.6 Å². The average molecular weight is 326 g/mol. The fourth-order valence-corrected chi connectivity index (χ4v) is 3.15. The molecule has 2 aromatic rings. The highest BCUT2D eigenvalue weighted by atomic mass is 16.5. The highest BCUT2D eigenvalue weighted by Crippen LogP contribution is 2.25. The lowest BCUT2D eigenvalue weighted by atomic mass is 10.0. The monoisotopic (exact) mass is 326 g/mol. The number of hydrogen-bond donors (Lipinski definition) is 0. The summed E-state index contributed by atoms with van der Waals surface area (Å²) in [6, 6.07) is 16.7. The van der Waals surface area contributed by atoms with E-state index in [1.165, 1.54) is 5.56 Å². The third-order valence-corrected chi connectivity index (χ3v) is 4.44. The maximum absolute atomic E-state index is 5.82. The average Bonchev–Trinajstić information content (AvgIpc) is 3.14. The fraction of sp³-hybridized carbons (Fsp3) is 0.450. The van der Waals surface area contributed by atoms with E-state index in [1.807, 2.05) is 24.4 Å². The lowest BCUT2D eigenvalue weighted by Gasteiger charge is -2.28. The number of hydrogen-bond acceptors (Lipinski definition) is 4. The lowest BCUT2D eigenvalue weighted by Crippen LogP contribution is -2.30. The second kappa shape index (κ2) is 8.92. The summed E-state index contributed by atoms with van der Waals surface area (Å²) >= 11 is 0. The van der Waals surface area contributed by atoms with Gasteiger partial charge in [-0.05, 0) is 37.6 Å². The highest BCUT2D eigenvalue weighted by molar-refractivity contribution is 5.27. The molecule has 1 saturated heterocycles. The standard InChI is InChI=1S/C20H26N2O2/c1-22(13-15-23-16-18-10-7-14-24-18)20(17-8-3-2-4-9-17)19-11-5-6-12-21-19/h2-6,8-9,11-12,18,20H,7,10,13-16H2,1H3. The van der Waals surface area contributed by atoms with E-state index in [2.05, 4.69) is 47.3 Å². The van der Waals surface area contributed by atoms with Crippen LogP contribution >= 0.6 is 0 Å². The van der Waals surface area contributed by atoms with E-state index >= 15 is 0 Å². The SMILES string of the molecule is CN(CCOCC1CCCO1)C(c1ccccc1)c1ccccn1. The zero-order valence-corrected chi connectivity index (χ0v) is 14.3. The molecule has 0 saturated carbocycles. The number of benzene rings is 1. The van der Waals surface area contributed by atoms with E-state index in [4.69, 9.17) is 9.47 Å². The van der Waals surface area contributed by atoms with Crippen molar-refractivity contribution in [2.75, 3.05) is 33.4 Å². The first-order valence-electron chi connectivity index (χ1n) is 8.70. The molecule has 1 aliphatic rings. The number of nitrogens with zero attached hydrogens (tertiary/aromatic N) is 2. The van der Waals surface area contributed by atoms with Gasteiger partial charge in [0, 0.05) is 19.3 Å². The predicted octanol–water partition coefficient (Wildman–Crippen LogP) is 3.30. The molecule has 0 bridgehead atoms. The third-order valence-electron chi connectivity index (χ3n) is 4.44. The molecule has 4 nitrogen and oxygen atoms in total. The first kappa shape index (κ1) is 17.1. The maximum atomic E-state index is 5.82. The second-order valence-corrected chi connectivity index (χ2v) is 6.26. The van der Waals surface area contributed by atoms with Crippen molar-refractivity contribution in [3.05, 3.63) is 66.0 Å². The molecule has 3 rings (SSSR count). The Kier molecular flexibility index (Phi) is 6.35. The van der Waals surface area contributed by atoms with E-state index in [9.17, 15) is 0 Å². The van der Waals surface area contributed by atoms with Gasteiger partial charge in [0.2, 0.25) is 0 Å². The number of pyridine rings is 1. The molecule has 1 aromatic heterocycles. The Balaban J connectivity index is 1.60. The number of rotatable bonds is 8. The molecule has 0 spiro atoms. The molecule has 0 radical (unpaired) electrons. The Morgan fingerprint density at radius 3 is 2.75 bits per heavy atom. The molecular weight excluding hydrogens is 300 g/mol. The van der Waals surface area contributed by atoms with Crippen LogP contribution in [0.2, 0.25) is 0 Å². The van der Waals surface area contributed by atoms with E-state index in [-0.39, 0.29) is 12.1 Å². The van der Waals surface area contributed by atoms with Crippen LogP contribution in [0.1, 0.15) is 30.1 Å². The van der Waals surface area contributed by atoms with Gasteiger partial charge in [-0.2, -0.15) is 0 Å². The van der Waals surface area contributed by atoms with Crippen LogP contribution in [0.4, 0.5) is 0 Å². The van der Waals surface area contributed by atoms with Crippen molar-refractivity contribution in [1.82, 2.24) is 9.88 Å². The van der Waals surface area contributed by atoms with Gasteiger partial charge in [0.15, 0.2) is 0 Å². The molecule has 128 valence electrons. The minimum Gasteiger partial charge on any atom is -0.377 e. The van der Waals surface area contributed by atoms with Crippen LogP contribution in [-0.4, -0.2) is 49.4 Å². The molecule has 2 heterocycles. The first-order valence-corrected chi connectivity index (χ1v) is 8.70. The Morgan fingerprint density at radius 2 is 2.04 bits per heavy atom. The smallest absolute Gasteiger partial charge is 0.0809 e. The van der Waals surface area contributed by atoms with Crippen molar-refractivity contribution in [3.8, 4) is 0 Å². The Bertz CT molecular complexity index is 546. The van der Waals surface area contributed by atoms with E-state index < -0.39 is 0 Å². The summed E-state index contributed by atoms with van der Waals surface area (Å²) in [4.78, 5) is 6.86. The van der Waals surface area contributed by atoms with Gasteiger partial charge in [-0.1, -0.05) is 36.4 Å². The van der Waals surface area contributed by atoms with Crippen molar-refractivity contribution in [3.63, 3.8) is 0 Å². The Labute approximate surface area is 144 Å². The van der Waals surface area contributed by atoms with Crippen LogP contribution < -0.4 is 0 Å². The van der Waals surface area contributed by atoms with Gasteiger partial charge < -0.3 is 9.47 Å². The third kappa shape index (κ3) is 4.63. The fourth-order valence-electron chi connectivity index (χ4n) is 3.15. The van der Waals surface area contributed by atoms with Crippen LogP contribution in [0, 0.1) is 0 Å². The summed E-state index contributed by atoms with van der Waals surface area (Å²) in [5, 5.41) is 0. The number of aromatic nitrogens is 1. The summed E-state index contributed by atoms with van der Waals surface area (Å²) < 4.78 is 11.4. The van der Waals surface area contributed by atoms with Gasteiger partial charge >= 0.3 is 0 Å². The van der Waals surface area contributed by atoms with Crippen LogP contribution in [0.25, 0.3) is 0 Å². The molecule has 0 amide bonds. The van der Waals surface area contributed by atoms with Crippen molar-refractivity contribution in [2.45, 2.75) is 25.0 Å². The molecular formula is C20H26N2O2. The summed E-state index contributed by atoms with van der Waals surface area (Å²) in [5.41, 5.74) is 2.31. The van der Waals surface area contributed by atoms with Crippen LogP contribution in [0.5, 0.6) is 0 Å². The Morgan fingerprint density at radius 1 is 1.21 bits per heavy atom. The van der Waals surface area contributed by atoms with Crippen LogP contribution in [0.3, 0.4) is 0 Å². The van der Waals surface area contributed by atoms with Crippen LogP contribution in [0.15, 0.2) is 54.7 Å². The van der Waals surface area contributed by atoms with Gasteiger partial charge in [0.1, 0.15) is 0 Å². The van der Waals surface area contributed by atoms with E-state index in [0.29, 0.717) is 13.2 Å². The van der Waals surface area contributed by atoms with E-state index in [1.54, 1.807) is 0 Å². The second-order valence-electron chi connectivity index (χ2n) is 6.26. The summed E-state index contributed by atoms with van der Waals surface area (Å²) in [6.07, 6.45) is 4.42. The summed E-state index contributed by atoms with van der Waals surface area (Å²) in [5.74, 6) is 0. The van der Waals surface area contributed by atoms with Gasteiger partial charge in [-0.15, -0.1) is 0 Å². The summed E-state index contributed by atoms with van der Waals surface area (Å²) in [6.45, 7) is 3.13. The molecule has 1 fully saturated rings. The Hall–Kier alpha value is -1.75. The predicted molar refractivity (Wildman–Crippen MR) is 94.9 cm³/mol. The van der Waals surface area contributed by atoms with Crippen molar-refractivity contribution < 1.29 is 9.47 Å². The van der Waals surface area contributed by atoms with Crippen molar-refractivity contribution >= 4 is 0 Å². The van der Waals surface area contributed by atoms with Gasteiger partial charge in [-0.3, -0.25) is 9.88 Å². The molecule has 2 unspecified atom stereocenters. The molecule has 24 heavy (non-hydrogen) atoms. The molecule has 1 aromatic carbocycles. The lowest BCUT2D eigenvalue weighted by molar-refractivity contribution is 0.0103. The normalized spacial score (nSPS) is 18.8. The van der Waals surface area contributed by atoms with Gasteiger partial charge in [-0.25, -0.2) is 0 Å².